The first-order chi connectivity index (χ1) is 7.57. The van der Waals surface area contributed by atoms with Gasteiger partial charge in [-0.25, -0.2) is 0 Å². The van der Waals surface area contributed by atoms with Crippen LogP contribution in [0.25, 0.3) is 0 Å². The van der Waals surface area contributed by atoms with Crippen molar-refractivity contribution in [1.29, 1.82) is 0 Å². The highest BCUT2D eigenvalue weighted by Crippen LogP contribution is 2.16. The first-order valence-corrected chi connectivity index (χ1v) is 7.23. The molecule has 1 unspecified atom stereocenters. The molecule has 1 N–H and O–H groups in total. The third-order valence-corrected chi connectivity index (χ3v) is 2.71. The van der Waals surface area contributed by atoms with E-state index in [2.05, 4.69) is 5.32 Å². The van der Waals surface area contributed by atoms with Crippen molar-refractivity contribution in [3.05, 3.63) is 0 Å². The molecule has 1 fully saturated rings. The Balaban J connectivity index is 2.48. The maximum atomic E-state index is 11.7. The Morgan fingerprint density at radius 2 is 1.94 bits per heavy atom. The summed E-state index contributed by atoms with van der Waals surface area (Å²) >= 11 is 0. The lowest BCUT2D eigenvalue weighted by Crippen LogP contribution is -2.37. The first kappa shape index (κ1) is 14.4. The predicted molar refractivity (Wildman–Crippen MR) is 62.0 cm³/mol. The van der Waals surface area contributed by atoms with Gasteiger partial charge in [-0.15, -0.1) is 0 Å². The number of carbonyl (C=O) groups excluding carboxylic acids is 1. The number of ether oxygens (including phenoxy) is 1. The summed E-state index contributed by atoms with van der Waals surface area (Å²) in [7, 11) is -3.48. The number of nitrogens with one attached hydrogen (secondary N) is 1. The van der Waals surface area contributed by atoms with Crippen LogP contribution in [-0.4, -0.2) is 44.9 Å². The van der Waals surface area contributed by atoms with Crippen LogP contribution >= 0.6 is 0 Å². The van der Waals surface area contributed by atoms with Crippen LogP contribution in [-0.2, 0) is 23.8 Å². The van der Waals surface area contributed by atoms with Crippen molar-refractivity contribution in [3.8, 4) is 0 Å². The molecule has 0 bridgehead atoms. The Bertz CT molecular complexity index is 384. The molecular formula is C10H19NO5S. The van der Waals surface area contributed by atoms with Gasteiger partial charge in [0.1, 0.15) is 11.6 Å². The van der Waals surface area contributed by atoms with Crippen LogP contribution in [0.2, 0.25) is 0 Å². The van der Waals surface area contributed by atoms with Gasteiger partial charge in [-0.2, -0.15) is 8.42 Å². The van der Waals surface area contributed by atoms with E-state index in [1.165, 1.54) is 0 Å². The topological polar surface area (TPSA) is 81.7 Å². The molecule has 1 aliphatic heterocycles. The summed E-state index contributed by atoms with van der Waals surface area (Å²) in [5.74, 6) is -0.378. The zero-order valence-electron chi connectivity index (χ0n) is 10.5. The molecule has 7 heteroatoms. The van der Waals surface area contributed by atoms with Gasteiger partial charge in [-0.3, -0.25) is 8.98 Å². The fraction of sp³-hybridized carbons (Fsp3) is 0.900. The second-order valence-electron chi connectivity index (χ2n) is 5.15. The normalized spacial score (nSPS) is 25.9. The van der Waals surface area contributed by atoms with Crippen molar-refractivity contribution in [2.75, 3.05) is 12.8 Å². The highest BCUT2D eigenvalue weighted by atomic mass is 32.2. The molecule has 0 spiro atoms. The lowest BCUT2D eigenvalue weighted by atomic mass is 10.1. The molecule has 2 atom stereocenters. The second kappa shape index (κ2) is 4.91. The number of esters is 1. The van der Waals surface area contributed by atoms with Crippen molar-refractivity contribution < 1.29 is 22.1 Å². The zero-order valence-corrected chi connectivity index (χ0v) is 11.3. The summed E-state index contributed by atoms with van der Waals surface area (Å²) in [5, 5.41) is 2.89. The lowest BCUT2D eigenvalue weighted by Gasteiger charge is -2.21. The lowest BCUT2D eigenvalue weighted by molar-refractivity contribution is -0.157. The van der Waals surface area contributed by atoms with Crippen LogP contribution in [0.1, 0.15) is 27.2 Å². The van der Waals surface area contributed by atoms with Gasteiger partial charge in [-0.05, 0) is 20.8 Å². The van der Waals surface area contributed by atoms with E-state index in [1.807, 2.05) is 0 Å². The van der Waals surface area contributed by atoms with Crippen molar-refractivity contribution in [1.82, 2.24) is 5.32 Å². The fourth-order valence-corrected chi connectivity index (χ4v) is 2.22. The quantitative estimate of drug-likeness (QED) is 0.573. The second-order valence-corrected chi connectivity index (χ2v) is 6.75. The minimum absolute atomic E-state index is 0.308. The third kappa shape index (κ3) is 5.47. The van der Waals surface area contributed by atoms with Gasteiger partial charge in [0.05, 0.1) is 12.4 Å². The molecule has 0 aliphatic carbocycles. The van der Waals surface area contributed by atoms with Gasteiger partial charge in [0.25, 0.3) is 10.1 Å². The molecule has 100 valence electrons. The van der Waals surface area contributed by atoms with Crippen LogP contribution in [0.15, 0.2) is 0 Å². The van der Waals surface area contributed by atoms with E-state index < -0.39 is 27.9 Å². The average molecular weight is 265 g/mol. The number of hydrogen-bond acceptors (Lipinski definition) is 6. The molecule has 6 nitrogen and oxygen atoms in total. The SMILES string of the molecule is CC(C)(C)OC(=O)C1C[C@@H](OS(C)(=O)=O)CN1. The summed E-state index contributed by atoms with van der Waals surface area (Å²) in [5.41, 5.74) is -0.547. The zero-order chi connectivity index (χ0) is 13.3. The van der Waals surface area contributed by atoms with Crippen LogP contribution in [0.5, 0.6) is 0 Å². The fourth-order valence-electron chi connectivity index (χ4n) is 1.58. The van der Waals surface area contributed by atoms with E-state index >= 15 is 0 Å². The molecule has 0 amide bonds. The average Bonchev–Trinajstić information content (AvgIpc) is 2.45. The van der Waals surface area contributed by atoms with E-state index in [0.717, 1.165) is 6.26 Å². The molecule has 1 saturated heterocycles. The largest absolute Gasteiger partial charge is 0.459 e. The molecule has 0 aromatic carbocycles. The van der Waals surface area contributed by atoms with E-state index in [0.29, 0.717) is 13.0 Å². The van der Waals surface area contributed by atoms with Gasteiger partial charge in [0, 0.05) is 13.0 Å². The van der Waals surface area contributed by atoms with Gasteiger partial charge in [-0.1, -0.05) is 0 Å². The van der Waals surface area contributed by atoms with Gasteiger partial charge in [0.15, 0.2) is 0 Å². The maximum absolute atomic E-state index is 11.7. The molecule has 1 aliphatic rings. The monoisotopic (exact) mass is 265 g/mol. The number of carbonyl (C=O) groups is 1. The Morgan fingerprint density at radius 1 is 1.35 bits per heavy atom. The summed E-state index contributed by atoms with van der Waals surface area (Å²) in [4.78, 5) is 11.7. The van der Waals surface area contributed by atoms with Crippen LogP contribution in [0, 0.1) is 0 Å². The number of hydrogen-bond donors (Lipinski definition) is 1. The highest BCUT2D eigenvalue weighted by molar-refractivity contribution is 7.86. The molecule has 1 heterocycles. The molecule has 0 aromatic rings. The van der Waals surface area contributed by atoms with Crippen molar-refractivity contribution in [2.45, 2.75) is 44.9 Å². The van der Waals surface area contributed by atoms with Crippen molar-refractivity contribution in [2.24, 2.45) is 0 Å². The van der Waals surface area contributed by atoms with Gasteiger partial charge >= 0.3 is 5.97 Å². The van der Waals surface area contributed by atoms with Crippen LogP contribution in [0.3, 0.4) is 0 Å². The predicted octanol–water partition coefficient (Wildman–Crippen LogP) is 0.0348. The Kier molecular flexibility index (Phi) is 4.16. The highest BCUT2D eigenvalue weighted by Gasteiger charge is 2.34. The molecule has 0 saturated carbocycles. The Morgan fingerprint density at radius 3 is 2.41 bits per heavy atom. The van der Waals surface area contributed by atoms with Crippen molar-refractivity contribution >= 4 is 16.1 Å². The first-order valence-electron chi connectivity index (χ1n) is 5.41. The molecule has 0 radical (unpaired) electrons. The Hall–Kier alpha value is -0.660. The number of rotatable bonds is 3. The standard InChI is InChI=1S/C10H19NO5S/c1-10(2,3)15-9(12)8-5-7(6-11-8)16-17(4,13)14/h7-8,11H,5-6H2,1-4H3/t7-,8?/m1/s1. The molecule has 17 heavy (non-hydrogen) atoms. The van der Waals surface area contributed by atoms with Crippen LogP contribution < -0.4 is 5.32 Å². The summed E-state index contributed by atoms with van der Waals surface area (Å²) in [6.45, 7) is 5.68. The van der Waals surface area contributed by atoms with E-state index in [4.69, 9.17) is 8.92 Å². The molecule has 0 aromatic heterocycles. The molecular weight excluding hydrogens is 246 g/mol. The van der Waals surface area contributed by atoms with Crippen molar-refractivity contribution in [3.63, 3.8) is 0 Å². The van der Waals surface area contributed by atoms with E-state index in [-0.39, 0.29) is 5.97 Å². The van der Waals surface area contributed by atoms with Gasteiger partial charge in [0.2, 0.25) is 0 Å². The summed E-state index contributed by atoms with van der Waals surface area (Å²) < 4.78 is 31.9. The summed E-state index contributed by atoms with van der Waals surface area (Å²) in [6, 6.07) is -0.499. The molecule has 1 rings (SSSR count). The Labute approximate surface area is 102 Å². The summed E-state index contributed by atoms with van der Waals surface area (Å²) in [6.07, 6.45) is 0.804. The minimum atomic E-state index is -3.48. The smallest absolute Gasteiger partial charge is 0.323 e. The van der Waals surface area contributed by atoms with E-state index in [1.54, 1.807) is 20.8 Å². The maximum Gasteiger partial charge on any atom is 0.323 e. The van der Waals surface area contributed by atoms with Crippen LogP contribution in [0.4, 0.5) is 0 Å². The van der Waals surface area contributed by atoms with E-state index in [9.17, 15) is 13.2 Å². The third-order valence-electron chi connectivity index (χ3n) is 2.09. The van der Waals surface area contributed by atoms with Gasteiger partial charge < -0.3 is 10.1 Å². The minimum Gasteiger partial charge on any atom is -0.459 e.